The first-order chi connectivity index (χ1) is 13.3. The largest absolute Gasteiger partial charge is 0.481 e. The zero-order valence-electron chi connectivity index (χ0n) is 17.1. The van der Waals surface area contributed by atoms with Crippen molar-refractivity contribution in [2.45, 2.75) is 77.9 Å². The van der Waals surface area contributed by atoms with Crippen LogP contribution in [-0.4, -0.2) is 39.9 Å². The third-order valence-corrected chi connectivity index (χ3v) is 5.26. The van der Waals surface area contributed by atoms with Gasteiger partial charge < -0.3 is 15.3 Å². The molecular weight excluding hydrogens is 356 g/mol. The van der Waals surface area contributed by atoms with Gasteiger partial charge in [-0.15, -0.1) is 0 Å². The average molecular weight is 389 g/mol. The standard InChI is InChI=1S/C22H32N2O4/c1-4-16-7-5-6-8-17(16)14-24-19(9-10-21(24)26)13-20(25)23-18(11-15(2)3)12-22(27)28/h5-8,15,18-19H,4,9-14H2,1-3H3,(H,23,25)(H,27,28)/t18-,19+/m0/s1. The molecule has 1 fully saturated rings. The van der Waals surface area contributed by atoms with Gasteiger partial charge in [0, 0.05) is 31.5 Å². The third kappa shape index (κ3) is 6.36. The first-order valence-corrected chi connectivity index (χ1v) is 10.2. The van der Waals surface area contributed by atoms with Gasteiger partial charge in [-0.25, -0.2) is 0 Å². The normalized spacial score (nSPS) is 17.8. The van der Waals surface area contributed by atoms with E-state index in [1.165, 1.54) is 5.56 Å². The number of nitrogens with one attached hydrogen (secondary N) is 1. The van der Waals surface area contributed by atoms with Gasteiger partial charge >= 0.3 is 5.97 Å². The summed E-state index contributed by atoms with van der Waals surface area (Å²) in [5.74, 6) is -0.729. The predicted molar refractivity (Wildman–Crippen MR) is 108 cm³/mol. The van der Waals surface area contributed by atoms with Crippen LogP contribution in [0, 0.1) is 5.92 Å². The van der Waals surface area contributed by atoms with Gasteiger partial charge in [0.1, 0.15) is 0 Å². The van der Waals surface area contributed by atoms with Crippen LogP contribution < -0.4 is 5.32 Å². The molecule has 0 spiro atoms. The molecule has 28 heavy (non-hydrogen) atoms. The van der Waals surface area contributed by atoms with Gasteiger partial charge in [0.15, 0.2) is 0 Å². The Labute approximate surface area is 167 Å². The van der Waals surface area contributed by atoms with Gasteiger partial charge in [-0.1, -0.05) is 45.0 Å². The lowest BCUT2D eigenvalue weighted by Gasteiger charge is -2.27. The molecule has 0 aromatic heterocycles. The lowest BCUT2D eigenvalue weighted by atomic mass is 10.0. The van der Waals surface area contributed by atoms with Crippen molar-refractivity contribution in [1.82, 2.24) is 10.2 Å². The van der Waals surface area contributed by atoms with Crippen molar-refractivity contribution < 1.29 is 19.5 Å². The van der Waals surface area contributed by atoms with Crippen LogP contribution in [0.4, 0.5) is 0 Å². The fourth-order valence-electron chi connectivity index (χ4n) is 3.94. The Bertz CT molecular complexity index is 702. The Morgan fingerprint density at radius 2 is 1.93 bits per heavy atom. The molecule has 6 nitrogen and oxygen atoms in total. The summed E-state index contributed by atoms with van der Waals surface area (Å²) in [4.78, 5) is 37.8. The van der Waals surface area contributed by atoms with Gasteiger partial charge in [-0.2, -0.15) is 0 Å². The predicted octanol–water partition coefficient (Wildman–Crippen LogP) is 3.14. The smallest absolute Gasteiger partial charge is 0.305 e. The average Bonchev–Trinajstić information content (AvgIpc) is 2.94. The second-order valence-corrected chi connectivity index (χ2v) is 8.03. The summed E-state index contributed by atoms with van der Waals surface area (Å²) in [6, 6.07) is 7.56. The molecule has 0 unspecified atom stereocenters. The van der Waals surface area contributed by atoms with Crippen LogP contribution in [0.3, 0.4) is 0 Å². The van der Waals surface area contributed by atoms with E-state index < -0.39 is 5.97 Å². The number of aryl methyl sites for hydroxylation is 1. The van der Waals surface area contributed by atoms with Crippen LogP contribution in [0.25, 0.3) is 0 Å². The highest BCUT2D eigenvalue weighted by molar-refractivity contribution is 5.82. The number of likely N-dealkylation sites (tertiary alicyclic amines) is 1. The van der Waals surface area contributed by atoms with E-state index in [1.807, 2.05) is 36.9 Å². The summed E-state index contributed by atoms with van der Waals surface area (Å²) < 4.78 is 0. The summed E-state index contributed by atoms with van der Waals surface area (Å²) in [6.45, 7) is 6.62. The molecule has 1 aliphatic heterocycles. The summed E-state index contributed by atoms with van der Waals surface area (Å²) in [5.41, 5.74) is 2.33. The number of hydrogen-bond acceptors (Lipinski definition) is 3. The number of benzene rings is 1. The SMILES string of the molecule is CCc1ccccc1CN1C(=O)CC[C@@H]1CC(=O)N[C@H](CC(=O)O)CC(C)C. The van der Waals surface area contributed by atoms with E-state index in [2.05, 4.69) is 18.3 Å². The molecule has 1 heterocycles. The Kier molecular flexibility index (Phi) is 8.03. The van der Waals surface area contributed by atoms with Crippen LogP contribution in [0.15, 0.2) is 24.3 Å². The summed E-state index contributed by atoms with van der Waals surface area (Å²) in [7, 11) is 0. The van der Waals surface area contributed by atoms with Gasteiger partial charge in [-0.05, 0) is 36.3 Å². The number of hydrogen-bond donors (Lipinski definition) is 2. The van der Waals surface area contributed by atoms with Crippen molar-refractivity contribution >= 4 is 17.8 Å². The van der Waals surface area contributed by atoms with E-state index in [1.54, 1.807) is 0 Å². The maximum Gasteiger partial charge on any atom is 0.305 e. The second kappa shape index (κ2) is 10.2. The molecule has 154 valence electrons. The van der Waals surface area contributed by atoms with E-state index in [4.69, 9.17) is 5.11 Å². The molecule has 2 atom stereocenters. The Balaban J connectivity index is 2.01. The lowest BCUT2D eigenvalue weighted by molar-refractivity contribution is -0.137. The molecular formula is C22H32N2O4. The third-order valence-electron chi connectivity index (χ3n) is 5.26. The second-order valence-electron chi connectivity index (χ2n) is 8.03. The minimum atomic E-state index is -0.917. The zero-order valence-corrected chi connectivity index (χ0v) is 17.1. The van der Waals surface area contributed by atoms with Gasteiger partial charge in [0.2, 0.25) is 11.8 Å². The summed E-state index contributed by atoms with van der Waals surface area (Å²) in [6.07, 6.45) is 2.77. The molecule has 0 bridgehead atoms. The Morgan fingerprint density at radius 1 is 1.25 bits per heavy atom. The fourth-order valence-corrected chi connectivity index (χ4v) is 3.94. The van der Waals surface area contributed by atoms with E-state index in [-0.39, 0.29) is 36.7 Å². The van der Waals surface area contributed by atoms with Gasteiger partial charge in [-0.3, -0.25) is 14.4 Å². The van der Waals surface area contributed by atoms with E-state index >= 15 is 0 Å². The highest BCUT2D eigenvalue weighted by Gasteiger charge is 2.33. The molecule has 1 aromatic carbocycles. The molecule has 0 saturated carbocycles. The van der Waals surface area contributed by atoms with E-state index in [0.29, 0.717) is 31.7 Å². The highest BCUT2D eigenvalue weighted by Crippen LogP contribution is 2.25. The number of carboxylic acids is 1. The first kappa shape index (κ1) is 21.9. The lowest BCUT2D eigenvalue weighted by Crippen LogP contribution is -2.41. The van der Waals surface area contributed by atoms with E-state index in [0.717, 1.165) is 12.0 Å². The fraction of sp³-hybridized carbons (Fsp3) is 0.591. The number of carboxylic acid groups (broad SMARTS) is 1. The molecule has 1 aliphatic rings. The summed E-state index contributed by atoms with van der Waals surface area (Å²) in [5, 5.41) is 12.0. The number of nitrogens with zero attached hydrogens (tertiary/aromatic N) is 1. The molecule has 1 aromatic rings. The van der Waals surface area contributed by atoms with Crippen LogP contribution >= 0.6 is 0 Å². The maximum atomic E-state index is 12.6. The molecule has 2 rings (SSSR count). The first-order valence-electron chi connectivity index (χ1n) is 10.2. The van der Waals surface area contributed by atoms with Gasteiger partial charge in [0.25, 0.3) is 0 Å². The molecule has 0 radical (unpaired) electrons. The Morgan fingerprint density at radius 3 is 2.54 bits per heavy atom. The minimum Gasteiger partial charge on any atom is -0.481 e. The quantitative estimate of drug-likeness (QED) is 0.645. The Hall–Kier alpha value is -2.37. The molecule has 2 N–H and O–H groups in total. The van der Waals surface area contributed by atoms with Crippen LogP contribution in [0.1, 0.15) is 64.0 Å². The summed E-state index contributed by atoms with van der Waals surface area (Å²) >= 11 is 0. The molecule has 2 amide bonds. The van der Waals surface area contributed by atoms with E-state index in [9.17, 15) is 14.4 Å². The van der Waals surface area contributed by atoms with Crippen molar-refractivity contribution in [3.63, 3.8) is 0 Å². The minimum absolute atomic E-state index is 0.0768. The highest BCUT2D eigenvalue weighted by atomic mass is 16.4. The monoisotopic (exact) mass is 388 g/mol. The number of aliphatic carboxylic acids is 1. The topological polar surface area (TPSA) is 86.7 Å². The van der Waals surface area contributed by atoms with Crippen LogP contribution in [-0.2, 0) is 27.3 Å². The number of carbonyl (C=O) groups excluding carboxylic acids is 2. The number of rotatable bonds is 10. The van der Waals surface area contributed by atoms with Crippen molar-refractivity contribution in [3.8, 4) is 0 Å². The van der Waals surface area contributed by atoms with Crippen molar-refractivity contribution in [3.05, 3.63) is 35.4 Å². The number of amides is 2. The van der Waals surface area contributed by atoms with Crippen LogP contribution in [0.5, 0.6) is 0 Å². The molecule has 6 heteroatoms. The van der Waals surface area contributed by atoms with Gasteiger partial charge in [0.05, 0.1) is 6.42 Å². The number of carbonyl (C=O) groups is 3. The maximum absolute atomic E-state index is 12.6. The van der Waals surface area contributed by atoms with Crippen molar-refractivity contribution in [1.29, 1.82) is 0 Å². The van der Waals surface area contributed by atoms with Crippen LogP contribution in [0.2, 0.25) is 0 Å². The molecule has 1 saturated heterocycles. The zero-order chi connectivity index (χ0) is 20.7. The van der Waals surface area contributed by atoms with Crippen molar-refractivity contribution in [2.75, 3.05) is 0 Å². The van der Waals surface area contributed by atoms with Crippen molar-refractivity contribution in [2.24, 2.45) is 5.92 Å². The molecule has 0 aliphatic carbocycles.